The van der Waals surface area contributed by atoms with Crippen molar-refractivity contribution < 1.29 is 19.0 Å². The third-order valence-electron chi connectivity index (χ3n) is 2.79. The number of methoxy groups -OCH3 is 1. The number of esters is 1. The Kier molecular flexibility index (Phi) is 2.79. The van der Waals surface area contributed by atoms with Crippen LogP contribution in [-0.4, -0.2) is 19.9 Å². The number of hydrogen-bond acceptors (Lipinski definition) is 6. The van der Waals surface area contributed by atoms with Crippen molar-refractivity contribution in [2.75, 3.05) is 19.6 Å². The molecule has 2 aromatic rings. The summed E-state index contributed by atoms with van der Waals surface area (Å²) in [5.41, 5.74) is 7.17. The number of nitrogens with two attached hydrogens (primary N) is 1. The number of anilines is 1. The summed E-state index contributed by atoms with van der Waals surface area (Å²) in [6, 6.07) is 7.37. The van der Waals surface area contributed by atoms with Crippen LogP contribution in [0.25, 0.3) is 10.4 Å². The molecule has 3 rings (SSSR count). The molecule has 19 heavy (non-hydrogen) atoms. The first-order chi connectivity index (χ1) is 9.19. The third kappa shape index (κ3) is 2.00. The first-order valence-corrected chi connectivity index (χ1v) is 6.38. The summed E-state index contributed by atoms with van der Waals surface area (Å²) in [5.74, 6) is 1.00. The van der Waals surface area contributed by atoms with Crippen molar-refractivity contribution >= 4 is 23.0 Å². The molecule has 0 unspecified atom stereocenters. The van der Waals surface area contributed by atoms with Crippen molar-refractivity contribution in [3.05, 3.63) is 29.1 Å². The Morgan fingerprint density at radius 3 is 2.89 bits per heavy atom. The number of carbonyl (C=O) groups excluding carboxylic acids is 1. The number of ether oxygens (including phenoxy) is 3. The van der Waals surface area contributed by atoms with E-state index < -0.39 is 5.97 Å². The van der Waals surface area contributed by atoms with Gasteiger partial charge >= 0.3 is 5.97 Å². The summed E-state index contributed by atoms with van der Waals surface area (Å²) in [5, 5.41) is 0. The minimum Gasteiger partial charge on any atom is -0.465 e. The number of thiophene rings is 1. The van der Waals surface area contributed by atoms with Crippen LogP contribution in [0.1, 0.15) is 9.67 Å². The minimum absolute atomic E-state index is 0.235. The number of rotatable bonds is 2. The fraction of sp³-hybridized carbons (Fsp3) is 0.154. The second-order valence-corrected chi connectivity index (χ2v) is 5.01. The van der Waals surface area contributed by atoms with Crippen LogP contribution >= 0.6 is 11.3 Å². The average Bonchev–Trinajstić information content (AvgIpc) is 3.03. The van der Waals surface area contributed by atoms with Crippen LogP contribution in [0.3, 0.4) is 0 Å². The maximum atomic E-state index is 11.5. The molecule has 2 heterocycles. The highest BCUT2D eigenvalue weighted by Crippen LogP contribution is 2.39. The summed E-state index contributed by atoms with van der Waals surface area (Å²) in [7, 11) is 1.34. The van der Waals surface area contributed by atoms with Gasteiger partial charge in [0.15, 0.2) is 11.5 Å². The van der Waals surface area contributed by atoms with Gasteiger partial charge in [0.25, 0.3) is 0 Å². The summed E-state index contributed by atoms with van der Waals surface area (Å²) in [6.45, 7) is 0.235. The molecule has 0 saturated carbocycles. The summed E-state index contributed by atoms with van der Waals surface area (Å²) >= 11 is 1.29. The topological polar surface area (TPSA) is 70.8 Å². The van der Waals surface area contributed by atoms with E-state index in [1.807, 2.05) is 18.2 Å². The van der Waals surface area contributed by atoms with Crippen LogP contribution < -0.4 is 15.2 Å². The van der Waals surface area contributed by atoms with E-state index >= 15 is 0 Å². The van der Waals surface area contributed by atoms with Crippen molar-refractivity contribution in [2.45, 2.75) is 0 Å². The molecule has 1 aromatic carbocycles. The number of hydrogen-bond donors (Lipinski definition) is 1. The summed E-state index contributed by atoms with van der Waals surface area (Å²) < 4.78 is 15.3. The second kappa shape index (κ2) is 4.47. The zero-order valence-corrected chi connectivity index (χ0v) is 11.0. The highest BCUT2D eigenvalue weighted by atomic mass is 32.1. The maximum absolute atomic E-state index is 11.5. The molecule has 98 valence electrons. The normalized spacial score (nSPS) is 12.5. The van der Waals surface area contributed by atoms with Crippen molar-refractivity contribution in [2.24, 2.45) is 0 Å². The molecular weight excluding hydrogens is 266 g/mol. The zero-order chi connectivity index (χ0) is 13.4. The Morgan fingerprint density at radius 2 is 2.11 bits per heavy atom. The van der Waals surface area contributed by atoms with Crippen LogP contribution in [0, 0.1) is 0 Å². The monoisotopic (exact) mass is 277 g/mol. The molecule has 0 spiro atoms. The van der Waals surface area contributed by atoms with Crippen LogP contribution in [0.2, 0.25) is 0 Å². The molecule has 1 aliphatic heterocycles. The van der Waals surface area contributed by atoms with Crippen molar-refractivity contribution in [1.29, 1.82) is 0 Å². The maximum Gasteiger partial charge on any atom is 0.350 e. The van der Waals surface area contributed by atoms with Crippen LogP contribution in [0.4, 0.5) is 5.69 Å². The Hall–Kier alpha value is -2.21. The van der Waals surface area contributed by atoms with E-state index in [9.17, 15) is 4.79 Å². The second-order valence-electron chi connectivity index (χ2n) is 3.95. The van der Waals surface area contributed by atoms with Gasteiger partial charge in [-0.15, -0.1) is 11.3 Å². The van der Waals surface area contributed by atoms with Crippen LogP contribution in [0.15, 0.2) is 24.3 Å². The molecule has 0 saturated heterocycles. The van der Waals surface area contributed by atoms with E-state index in [0.29, 0.717) is 16.3 Å². The SMILES string of the molecule is COC(=O)c1sc(-c2ccc3c(c2)OCO3)cc1N. The summed E-state index contributed by atoms with van der Waals surface area (Å²) in [6.07, 6.45) is 0. The van der Waals surface area contributed by atoms with Gasteiger partial charge in [0, 0.05) is 4.88 Å². The van der Waals surface area contributed by atoms with E-state index in [-0.39, 0.29) is 6.79 Å². The largest absolute Gasteiger partial charge is 0.465 e. The lowest BCUT2D eigenvalue weighted by Gasteiger charge is -1.99. The lowest BCUT2D eigenvalue weighted by Crippen LogP contribution is -2.00. The van der Waals surface area contributed by atoms with E-state index in [1.54, 1.807) is 6.07 Å². The van der Waals surface area contributed by atoms with E-state index in [2.05, 4.69) is 4.74 Å². The van der Waals surface area contributed by atoms with Crippen molar-refractivity contribution in [1.82, 2.24) is 0 Å². The molecule has 0 amide bonds. The number of nitrogen functional groups attached to an aromatic ring is 1. The molecular formula is C13H11NO4S. The molecule has 1 aliphatic rings. The first-order valence-electron chi connectivity index (χ1n) is 5.56. The van der Waals surface area contributed by atoms with E-state index in [0.717, 1.165) is 16.2 Å². The molecule has 1 aromatic heterocycles. The minimum atomic E-state index is -0.422. The number of benzene rings is 1. The quantitative estimate of drug-likeness (QED) is 0.854. The van der Waals surface area contributed by atoms with Crippen molar-refractivity contribution in [3.63, 3.8) is 0 Å². The Bertz CT molecular complexity index is 650. The molecule has 0 fully saturated rings. The van der Waals surface area contributed by atoms with Gasteiger partial charge in [-0.2, -0.15) is 0 Å². The Balaban J connectivity index is 2.01. The van der Waals surface area contributed by atoms with E-state index in [4.69, 9.17) is 15.2 Å². The predicted molar refractivity (Wildman–Crippen MR) is 71.6 cm³/mol. The number of carbonyl (C=O) groups is 1. The van der Waals surface area contributed by atoms with E-state index in [1.165, 1.54) is 18.4 Å². The Morgan fingerprint density at radius 1 is 1.32 bits per heavy atom. The molecule has 6 heteroatoms. The van der Waals surface area contributed by atoms with Gasteiger partial charge in [-0.05, 0) is 29.8 Å². The van der Waals surface area contributed by atoms with Gasteiger partial charge in [-0.3, -0.25) is 0 Å². The Labute approximate surface area is 113 Å². The highest BCUT2D eigenvalue weighted by Gasteiger charge is 2.18. The standard InChI is InChI=1S/C13H11NO4S/c1-16-13(15)12-8(14)5-11(19-12)7-2-3-9-10(4-7)18-6-17-9/h2-5H,6,14H2,1H3. The molecule has 0 bridgehead atoms. The van der Waals surface area contributed by atoms with Gasteiger partial charge < -0.3 is 19.9 Å². The third-order valence-corrected chi connectivity index (χ3v) is 3.97. The highest BCUT2D eigenvalue weighted by molar-refractivity contribution is 7.18. The van der Waals surface area contributed by atoms with Gasteiger partial charge in [-0.25, -0.2) is 4.79 Å². The molecule has 2 N–H and O–H groups in total. The van der Waals surface area contributed by atoms with Gasteiger partial charge in [0.05, 0.1) is 12.8 Å². The molecule has 0 atom stereocenters. The predicted octanol–water partition coefficient (Wildman–Crippen LogP) is 2.51. The average molecular weight is 277 g/mol. The van der Waals surface area contributed by atoms with Crippen molar-refractivity contribution in [3.8, 4) is 21.9 Å². The fourth-order valence-corrected chi connectivity index (χ4v) is 2.84. The molecule has 5 nitrogen and oxygen atoms in total. The van der Waals surface area contributed by atoms with Crippen LogP contribution in [-0.2, 0) is 4.74 Å². The number of fused-ring (bicyclic) bond motifs is 1. The first kappa shape index (κ1) is 11.9. The molecule has 0 aliphatic carbocycles. The van der Waals surface area contributed by atoms with Gasteiger partial charge in [0.2, 0.25) is 6.79 Å². The van der Waals surface area contributed by atoms with Gasteiger partial charge in [0.1, 0.15) is 4.88 Å². The lowest BCUT2D eigenvalue weighted by atomic mass is 10.1. The smallest absolute Gasteiger partial charge is 0.350 e. The van der Waals surface area contributed by atoms with Crippen LogP contribution in [0.5, 0.6) is 11.5 Å². The fourth-order valence-electron chi connectivity index (χ4n) is 1.85. The lowest BCUT2D eigenvalue weighted by molar-refractivity contribution is 0.0607. The van der Waals surface area contributed by atoms with Gasteiger partial charge in [-0.1, -0.05) is 0 Å². The molecule has 0 radical (unpaired) electrons. The zero-order valence-electron chi connectivity index (χ0n) is 10.1. The summed E-state index contributed by atoms with van der Waals surface area (Å²) in [4.78, 5) is 12.8.